The van der Waals surface area contributed by atoms with Gasteiger partial charge in [-0.2, -0.15) is 0 Å². The van der Waals surface area contributed by atoms with Gasteiger partial charge in [0.1, 0.15) is 11.5 Å². The Hall–Kier alpha value is -0.800. The lowest BCUT2D eigenvalue weighted by atomic mass is 10.1. The molecule has 0 amide bonds. The first-order chi connectivity index (χ1) is 10.2. The normalized spacial score (nSPS) is 27.7. The summed E-state index contributed by atoms with van der Waals surface area (Å²) in [7, 11) is 0. The van der Waals surface area contributed by atoms with Gasteiger partial charge in [0.25, 0.3) is 0 Å². The molecule has 0 radical (unpaired) electrons. The van der Waals surface area contributed by atoms with Crippen LogP contribution in [0.5, 0.6) is 0 Å². The predicted octanol–water partition coefficient (Wildman–Crippen LogP) is 3.61. The van der Waals surface area contributed by atoms with Gasteiger partial charge in [0, 0.05) is 12.5 Å². The molecule has 2 heterocycles. The van der Waals surface area contributed by atoms with Crippen LogP contribution in [-0.4, -0.2) is 31.1 Å². The van der Waals surface area contributed by atoms with Gasteiger partial charge in [0.2, 0.25) is 0 Å². The standard InChI is InChI=1S/C18H30N2O/c1-14(13-20-8-4-3-5-9-20)11-19-12-16-6-7-18(21-16)17-10-15(17)2/h6-7,14-15,17,19H,3-5,8-13H2,1-2H3. The molecule has 0 spiro atoms. The van der Waals surface area contributed by atoms with Crippen LogP contribution >= 0.6 is 0 Å². The summed E-state index contributed by atoms with van der Waals surface area (Å²) in [4.78, 5) is 2.62. The fraction of sp³-hybridized carbons (Fsp3) is 0.778. The van der Waals surface area contributed by atoms with E-state index in [2.05, 4.69) is 36.2 Å². The number of nitrogens with zero attached hydrogens (tertiary/aromatic N) is 1. The highest BCUT2D eigenvalue weighted by Gasteiger charge is 2.36. The Morgan fingerprint density at radius 3 is 2.76 bits per heavy atom. The summed E-state index contributed by atoms with van der Waals surface area (Å²) in [6, 6.07) is 4.31. The Balaban J connectivity index is 1.34. The number of hydrogen-bond acceptors (Lipinski definition) is 3. The number of furan rings is 1. The molecule has 1 aliphatic carbocycles. The molecule has 2 fully saturated rings. The quantitative estimate of drug-likeness (QED) is 0.831. The van der Waals surface area contributed by atoms with Crippen molar-refractivity contribution in [1.82, 2.24) is 10.2 Å². The summed E-state index contributed by atoms with van der Waals surface area (Å²) in [6.07, 6.45) is 5.49. The summed E-state index contributed by atoms with van der Waals surface area (Å²) < 4.78 is 5.94. The minimum Gasteiger partial charge on any atom is -0.464 e. The van der Waals surface area contributed by atoms with Crippen molar-refractivity contribution in [2.75, 3.05) is 26.2 Å². The van der Waals surface area contributed by atoms with E-state index in [4.69, 9.17) is 4.42 Å². The molecule has 1 N–H and O–H groups in total. The van der Waals surface area contributed by atoms with Gasteiger partial charge in [-0.15, -0.1) is 0 Å². The van der Waals surface area contributed by atoms with E-state index < -0.39 is 0 Å². The molecule has 118 valence electrons. The summed E-state index contributed by atoms with van der Waals surface area (Å²) in [5, 5.41) is 3.55. The summed E-state index contributed by atoms with van der Waals surface area (Å²) in [6.45, 7) is 10.4. The number of nitrogens with one attached hydrogen (secondary N) is 1. The third kappa shape index (κ3) is 4.33. The van der Waals surface area contributed by atoms with Crippen LogP contribution in [0, 0.1) is 11.8 Å². The van der Waals surface area contributed by atoms with Gasteiger partial charge in [-0.3, -0.25) is 0 Å². The molecule has 3 atom stereocenters. The van der Waals surface area contributed by atoms with Crippen LogP contribution in [0.2, 0.25) is 0 Å². The minimum absolute atomic E-state index is 0.691. The molecule has 1 saturated carbocycles. The van der Waals surface area contributed by atoms with Crippen molar-refractivity contribution in [2.24, 2.45) is 11.8 Å². The maximum atomic E-state index is 5.94. The van der Waals surface area contributed by atoms with E-state index in [0.29, 0.717) is 11.8 Å². The number of piperidine rings is 1. The molecule has 3 rings (SSSR count). The number of rotatable bonds is 7. The van der Waals surface area contributed by atoms with Gasteiger partial charge < -0.3 is 14.6 Å². The monoisotopic (exact) mass is 290 g/mol. The molecule has 21 heavy (non-hydrogen) atoms. The van der Waals surface area contributed by atoms with Crippen LogP contribution in [0.3, 0.4) is 0 Å². The molecular weight excluding hydrogens is 260 g/mol. The minimum atomic E-state index is 0.691. The third-order valence-corrected chi connectivity index (χ3v) is 4.97. The molecule has 3 nitrogen and oxygen atoms in total. The van der Waals surface area contributed by atoms with Crippen molar-refractivity contribution >= 4 is 0 Å². The average molecular weight is 290 g/mol. The van der Waals surface area contributed by atoms with E-state index in [1.807, 2.05) is 0 Å². The second-order valence-corrected chi connectivity index (χ2v) is 7.22. The van der Waals surface area contributed by atoms with Gasteiger partial charge >= 0.3 is 0 Å². The maximum Gasteiger partial charge on any atom is 0.117 e. The fourth-order valence-corrected chi connectivity index (χ4v) is 3.50. The molecular formula is C18H30N2O. The van der Waals surface area contributed by atoms with Crippen LogP contribution in [0.25, 0.3) is 0 Å². The Morgan fingerprint density at radius 1 is 1.29 bits per heavy atom. The van der Waals surface area contributed by atoms with Crippen LogP contribution in [0.1, 0.15) is 57.0 Å². The zero-order valence-electron chi connectivity index (χ0n) is 13.6. The van der Waals surface area contributed by atoms with E-state index >= 15 is 0 Å². The lowest BCUT2D eigenvalue weighted by molar-refractivity contribution is 0.198. The Kier molecular flexibility index (Phi) is 5.02. The molecule has 3 heteroatoms. The lowest BCUT2D eigenvalue weighted by Gasteiger charge is -2.29. The van der Waals surface area contributed by atoms with Crippen LogP contribution in [0.4, 0.5) is 0 Å². The lowest BCUT2D eigenvalue weighted by Crippen LogP contribution is -2.36. The van der Waals surface area contributed by atoms with Gasteiger partial charge in [-0.05, 0) is 62.9 Å². The molecule has 3 unspecified atom stereocenters. The van der Waals surface area contributed by atoms with Crippen molar-refractivity contribution in [3.63, 3.8) is 0 Å². The van der Waals surface area contributed by atoms with Crippen molar-refractivity contribution in [1.29, 1.82) is 0 Å². The first kappa shape index (κ1) is 15.1. The van der Waals surface area contributed by atoms with Crippen LogP contribution in [-0.2, 0) is 6.54 Å². The van der Waals surface area contributed by atoms with Gasteiger partial charge in [0.05, 0.1) is 6.54 Å². The van der Waals surface area contributed by atoms with Crippen molar-refractivity contribution < 1.29 is 4.42 Å². The number of likely N-dealkylation sites (tertiary alicyclic amines) is 1. The first-order valence-electron chi connectivity index (χ1n) is 8.74. The highest BCUT2D eigenvalue weighted by Crippen LogP contribution is 2.47. The smallest absolute Gasteiger partial charge is 0.117 e. The topological polar surface area (TPSA) is 28.4 Å². The van der Waals surface area contributed by atoms with E-state index in [9.17, 15) is 0 Å². The zero-order chi connectivity index (χ0) is 14.7. The zero-order valence-corrected chi connectivity index (χ0v) is 13.6. The Labute approximate surface area is 129 Å². The van der Waals surface area contributed by atoms with Crippen molar-refractivity contribution in [3.05, 3.63) is 23.7 Å². The average Bonchev–Trinajstić information content (AvgIpc) is 3.02. The van der Waals surface area contributed by atoms with E-state index in [0.717, 1.165) is 24.8 Å². The molecule has 1 aliphatic heterocycles. The molecule has 0 bridgehead atoms. The second kappa shape index (κ2) is 6.97. The fourth-order valence-electron chi connectivity index (χ4n) is 3.50. The van der Waals surface area contributed by atoms with Crippen molar-refractivity contribution in [2.45, 2.75) is 52.0 Å². The van der Waals surface area contributed by atoms with E-state index in [1.54, 1.807) is 0 Å². The maximum absolute atomic E-state index is 5.94. The Morgan fingerprint density at radius 2 is 2.05 bits per heavy atom. The third-order valence-electron chi connectivity index (χ3n) is 4.97. The molecule has 0 aromatic carbocycles. The summed E-state index contributed by atoms with van der Waals surface area (Å²) in [5.41, 5.74) is 0. The van der Waals surface area contributed by atoms with Gasteiger partial charge in [0.15, 0.2) is 0 Å². The van der Waals surface area contributed by atoms with Crippen molar-refractivity contribution in [3.8, 4) is 0 Å². The van der Waals surface area contributed by atoms with Crippen LogP contribution < -0.4 is 5.32 Å². The van der Waals surface area contributed by atoms with Crippen LogP contribution in [0.15, 0.2) is 16.5 Å². The van der Waals surface area contributed by atoms with Gasteiger partial charge in [-0.25, -0.2) is 0 Å². The SMILES string of the molecule is CC(CNCc1ccc(C2CC2C)o1)CN1CCCCC1. The predicted molar refractivity (Wildman–Crippen MR) is 86.4 cm³/mol. The van der Waals surface area contributed by atoms with E-state index in [1.165, 1.54) is 51.1 Å². The molecule has 1 aromatic heterocycles. The number of hydrogen-bond donors (Lipinski definition) is 1. The summed E-state index contributed by atoms with van der Waals surface area (Å²) >= 11 is 0. The highest BCUT2D eigenvalue weighted by atomic mass is 16.3. The first-order valence-corrected chi connectivity index (χ1v) is 8.74. The molecule has 2 aliphatic rings. The second-order valence-electron chi connectivity index (χ2n) is 7.22. The van der Waals surface area contributed by atoms with Gasteiger partial charge in [-0.1, -0.05) is 20.3 Å². The van der Waals surface area contributed by atoms with E-state index in [-0.39, 0.29) is 0 Å². The molecule has 1 saturated heterocycles. The summed E-state index contributed by atoms with van der Waals surface area (Å²) in [5.74, 6) is 4.51. The molecule has 1 aromatic rings. The highest BCUT2D eigenvalue weighted by molar-refractivity contribution is 5.17. The Bertz CT molecular complexity index is 436. The largest absolute Gasteiger partial charge is 0.464 e.